The Bertz CT molecular complexity index is 858. The van der Waals surface area contributed by atoms with Crippen LogP contribution in [0.4, 0.5) is 5.95 Å². The Kier molecular flexibility index (Phi) is 4.11. The minimum atomic E-state index is 0.230. The maximum absolute atomic E-state index is 8.85. The van der Waals surface area contributed by atoms with E-state index in [2.05, 4.69) is 20.3 Å². The summed E-state index contributed by atoms with van der Waals surface area (Å²) in [5, 5.41) is 11.3. The Hall–Kier alpha value is -3.46. The third-order valence-corrected chi connectivity index (χ3v) is 3.19. The van der Waals surface area contributed by atoms with E-state index < -0.39 is 0 Å². The summed E-state index contributed by atoms with van der Waals surface area (Å²) in [7, 11) is 1.61. The van der Waals surface area contributed by atoms with Crippen LogP contribution in [0.5, 0.6) is 5.75 Å². The van der Waals surface area contributed by atoms with E-state index in [1.54, 1.807) is 13.3 Å². The molecule has 6 heteroatoms. The predicted octanol–water partition coefficient (Wildman–Crippen LogP) is 3.11. The van der Waals surface area contributed by atoms with Crippen LogP contribution in [0.1, 0.15) is 0 Å². The van der Waals surface area contributed by atoms with Gasteiger partial charge in [-0.3, -0.25) is 10.3 Å². The van der Waals surface area contributed by atoms with Crippen LogP contribution in [0.2, 0.25) is 0 Å². The van der Waals surface area contributed by atoms with Crippen molar-refractivity contribution in [3.05, 3.63) is 54.7 Å². The molecule has 2 aromatic heterocycles. The minimum Gasteiger partial charge on any atom is -0.497 e. The summed E-state index contributed by atoms with van der Waals surface area (Å²) in [5.41, 5.74) is 2.89. The number of benzene rings is 1. The lowest BCUT2D eigenvalue weighted by molar-refractivity contribution is 0.415. The molecule has 0 bridgehead atoms. The lowest BCUT2D eigenvalue weighted by Crippen LogP contribution is -2.00. The van der Waals surface area contributed by atoms with Crippen molar-refractivity contribution < 1.29 is 4.74 Å². The number of hydrogen-bond acceptors (Lipinski definition) is 6. The second kappa shape index (κ2) is 6.54. The smallest absolute Gasteiger partial charge is 0.237 e. The fourth-order valence-electron chi connectivity index (χ4n) is 2.13. The number of pyridine rings is 1. The SMILES string of the molecule is COc1cccc(-c2cc(-c3ccccn3)nc(NC#N)n2)c1. The van der Waals surface area contributed by atoms with Crippen molar-refractivity contribution >= 4 is 5.95 Å². The highest BCUT2D eigenvalue weighted by atomic mass is 16.5. The van der Waals surface area contributed by atoms with Crippen LogP contribution in [-0.4, -0.2) is 22.1 Å². The third-order valence-electron chi connectivity index (χ3n) is 3.19. The van der Waals surface area contributed by atoms with E-state index in [1.807, 2.05) is 54.7 Å². The van der Waals surface area contributed by atoms with Crippen molar-refractivity contribution in [1.29, 1.82) is 5.26 Å². The summed E-state index contributed by atoms with van der Waals surface area (Å²) in [6.45, 7) is 0. The molecule has 0 radical (unpaired) electrons. The number of methoxy groups -OCH3 is 1. The van der Waals surface area contributed by atoms with Gasteiger partial charge in [0, 0.05) is 11.8 Å². The molecule has 0 aliphatic heterocycles. The fourth-order valence-corrected chi connectivity index (χ4v) is 2.13. The van der Waals surface area contributed by atoms with Crippen molar-refractivity contribution in [2.24, 2.45) is 0 Å². The normalized spacial score (nSPS) is 9.91. The Labute approximate surface area is 133 Å². The molecule has 0 amide bonds. The zero-order valence-electron chi connectivity index (χ0n) is 12.4. The molecule has 0 saturated heterocycles. The van der Waals surface area contributed by atoms with E-state index in [-0.39, 0.29) is 5.95 Å². The third kappa shape index (κ3) is 3.24. The number of nitrogens with one attached hydrogen (secondary N) is 1. The van der Waals surface area contributed by atoms with E-state index in [4.69, 9.17) is 10.00 Å². The van der Waals surface area contributed by atoms with Crippen molar-refractivity contribution in [3.8, 4) is 34.6 Å². The second-order valence-corrected chi connectivity index (χ2v) is 4.65. The summed E-state index contributed by atoms with van der Waals surface area (Å²) in [6.07, 6.45) is 3.54. The van der Waals surface area contributed by atoms with Gasteiger partial charge >= 0.3 is 0 Å². The standard InChI is InChI=1S/C17H13N5O/c1-23-13-6-4-5-12(9-13)15-10-16(14-7-2-3-8-19-14)22-17(21-15)20-11-18/h2-10H,1H3,(H,20,21,22). The van der Waals surface area contributed by atoms with E-state index in [9.17, 15) is 0 Å². The first-order valence-corrected chi connectivity index (χ1v) is 6.90. The molecule has 0 atom stereocenters. The molecular weight excluding hydrogens is 290 g/mol. The maximum Gasteiger partial charge on any atom is 0.237 e. The molecule has 1 N–H and O–H groups in total. The summed E-state index contributed by atoms with van der Waals surface area (Å²) in [6, 6.07) is 14.9. The zero-order valence-corrected chi connectivity index (χ0v) is 12.4. The highest BCUT2D eigenvalue weighted by Gasteiger charge is 2.09. The summed E-state index contributed by atoms with van der Waals surface area (Å²) in [4.78, 5) is 13.0. The minimum absolute atomic E-state index is 0.230. The Morgan fingerprint density at radius 3 is 2.61 bits per heavy atom. The van der Waals surface area contributed by atoms with Crippen LogP contribution in [0, 0.1) is 11.5 Å². The number of anilines is 1. The molecule has 0 spiro atoms. The van der Waals surface area contributed by atoms with Gasteiger partial charge in [-0.05, 0) is 30.3 Å². The summed E-state index contributed by atoms with van der Waals surface area (Å²) in [5.74, 6) is 0.962. The van der Waals surface area contributed by atoms with Gasteiger partial charge in [0.15, 0.2) is 6.19 Å². The van der Waals surface area contributed by atoms with Crippen LogP contribution >= 0.6 is 0 Å². The molecule has 112 valence electrons. The molecule has 23 heavy (non-hydrogen) atoms. The number of rotatable bonds is 4. The van der Waals surface area contributed by atoms with Crippen LogP contribution < -0.4 is 10.1 Å². The second-order valence-electron chi connectivity index (χ2n) is 4.65. The van der Waals surface area contributed by atoms with Crippen LogP contribution in [0.15, 0.2) is 54.7 Å². The molecule has 0 aliphatic carbocycles. The molecule has 6 nitrogen and oxygen atoms in total. The van der Waals surface area contributed by atoms with Gasteiger partial charge in [-0.25, -0.2) is 9.97 Å². The number of ether oxygens (including phenoxy) is 1. The van der Waals surface area contributed by atoms with E-state index in [0.717, 1.165) is 11.3 Å². The summed E-state index contributed by atoms with van der Waals surface area (Å²) < 4.78 is 5.25. The Balaban J connectivity index is 2.13. The number of hydrogen-bond donors (Lipinski definition) is 1. The van der Waals surface area contributed by atoms with Gasteiger partial charge in [0.25, 0.3) is 0 Å². The number of nitriles is 1. The zero-order chi connectivity index (χ0) is 16.1. The lowest BCUT2D eigenvalue weighted by atomic mass is 10.1. The van der Waals surface area contributed by atoms with Crippen molar-refractivity contribution in [2.75, 3.05) is 12.4 Å². The topological polar surface area (TPSA) is 83.7 Å². The number of nitrogens with zero attached hydrogens (tertiary/aromatic N) is 4. The first-order valence-electron chi connectivity index (χ1n) is 6.90. The van der Waals surface area contributed by atoms with Gasteiger partial charge in [-0.15, -0.1) is 0 Å². The van der Waals surface area contributed by atoms with Gasteiger partial charge < -0.3 is 4.74 Å². The van der Waals surface area contributed by atoms with Crippen molar-refractivity contribution in [3.63, 3.8) is 0 Å². The number of aromatic nitrogens is 3. The predicted molar refractivity (Wildman–Crippen MR) is 86.5 cm³/mol. The molecule has 0 saturated carbocycles. The average Bonchev–Trinajstić information content (AvgIpc) is 2.62. The average molecular weight is 303 g/mol. The molecule has 3 aromatic rings. The molecule has 1 aromatic carbocycles. The van der Waals surface area contributed by atoms with Crippen LogP contribution in [0.3, 0.4) is 0 Å². The fraction of sp³-hybridized carbons (Fsp3) is 0.0588. The van der Waals surface area contributed by atoms with Gasteiger partial charge in [0.2, 0.25) is 5.95 Å². The first kappa shape index (κ1) is 14.5. The van der Waals surface area contributed by atoms with Crippen LogP contribution in [0.25, 0.3) is 22.6 Å². The van der Waals surface area contributed by atoms with Gasteiger partial charge in [0.1, 0.15) is 5.75 Å². The first-order chi connectivity index (χ1) is 11.3. The van der Waals surface area contributed by atoms with E-state index in [1.165, 1.54) is 0 Å². The highest BCUT2D eigenvalue weighted by molar-refractivity contribution is 5.68. The summed E-state index contributed by atoms with van der Waals surface area (Å²) >= 11 is 0. The Morgan fingerprint density at radius 1 is 1.00 bits per heavy atom. The largest absolute Gasteiger partial charge is 0.497 e. The van der Waals surface area contributed by atoms with E-state index >= 15 is 0 Å². The van der Waals surface area contributed by atoms with Crippen molar-refractivity contribution in [2.45, 2.75) is 0 Å². The molecular formula is C17H13N5O. The molecule has 2 heterocycles. The van der Waals surface area contributed by atoms with Gasteiger partial charge in [-0.2, -0.15) is 5.26 Å². The lowest BCUT2D eigenvalue weighted by Gasteiger charge is -2.08. The molecule has 0 fully saturated rings. The van der Waals surface area contributed by atoms with Crippen LogP contribution in [-0.2, 0) is 0 Å². The molecule has 3 rings (SSSR count). The molecule has 0 aliphatic rings. The quantitative estimate of drug-likeness (QED) is 0.589. The maximum atomic E-state index is 8.85. The van der Waals surface area contributed by atoms with E-state index in [0.29, 0.717) is 17.1 Å². The highest BCUT2D eigenvalue weighted by Crippen LogP contribution is 2.26. The molecule has 0 unspecified atom stereocenters. The van der Waals surface area contributed by atoms with Gasteiger partial charge in [-0.1, -0.05) is 18.2 Å². The monoisotopic (exact) mass is 303 g/mol. The Morgan fingerprint density at radius 2 is 1.87 bits per heavy atom. The van der Waals surface area contributed by atoms with Gasteiger partial charge in [0.05, 0.1) is 24.2 Å². The van der Waals surface area contributed by atoms with Crippen molar-refractivity contribution in [1.82, 2.24) is 15.0 Å².